The minimum atomic E-state index is -1.00. The third-order valence-electron chi connectivity index (χ3n) is 3.88. The lowest BCUT2D eigenvalue weighted by Crippen LogP contribution is -2.45. The lowest BCUT2D eigenvalue weighted by atomic mass is 10.00. The van der Waals surface area contributed by atoms with Crippen molar-refractivity contribution in [1.82, 2.24) is 0 Å². The summed E-state index contributed by atoms with van der Waals surface area (Å²) in [6.07, 6.45) is 1.46. The van der Waals surface area contributed by atoms with Crippen LogP contribution in [0.25, 0.3) is 0 Å². The number of fused-ring (bicyclic) bond motifs is 3. The van der Waals surface area contributed by atoms with E-state index in [4.69, 9.17) is 0 Å². The number of benzene rings is 2. The van der Waals surface area contributed by atoms with Gasteiger partial charge >= 0.3 is 0 Å². The monoisotopic (exact) mass is 282 g/mol. The van der Waals surface area contributed by atoms with Crippen LogP contribution in [0.2, 0.25) is 0 Å². The summed E-state index contributed by atoms with van der Waals surface area (Å²) in [7, 11) is 0. The summed E-state index contributed by atoms with van der Waals surface area (Å²) in [5.41, 5.74) is 1.15. The molecule has 2 aliphatic rings. The topological polar surface area (TPSA) is 52.6 Å². The molecule has 21 heavy (non-hydrogen) atoms. The first kappa shape index (κ1) is 12.0. The van der Waals surface area contributed by atoms with E-state index in [0.717, 1.165) is 5.69 Å². The molecule has 104 valence electrons. The van der Waals surface area contributed by atoms with Gasteiger partial charge in [0.15, 0.2) is 11.4 Å². The maximum absolute atomic E-state index is 13.2. The third kappa shape index (κ3) is 1.45. The predicted molar refractivity (Wildman–Crippen MR) is 76.3 cm³/mol. The van der Waals surface area contributed by atoms with Gasteiger partial charge in [0, 0.05) is 11.6 Å². The molecule has 0 aliphatic carbocycles. The van der Waals surface area contributed by atoms with Crippen molar-refractivity contribution < 1.29 is 14.3 Å². The largest absolute Gasteiger partial charge is 0.503 e. The van der Waals surface area contributed by atoms with E-state index >= 15 is 0 Å². The molecule has 1 amide bonds. The fourth-order valence-electron chi connectivity index (χ4n) is 2.96. The standard InChI is InChI=1S/C16H11FN2O2/c17-11-7-5-10(6-8-11)16-9-14(20)15(21)19(16)13-4-2-1-3-12(13)18-16/h1-9,18,20H/t16-/m1/s1. The first-order valence-electron chi connectivity index (χ1n) is 6.51. The summed E-state index contributed by atoms with van der Waals surface area (Å²) in [5, 5.41) is 13.1. The van der Waals surface area contributed by atoms with Gasteiger partial charge in [-0.05, 0) is 24.3 Å². The van der Waals surface area contributed by atoms with Gasteiger partial charge in [-0.2, -0.15) is 0 Å². The van der Waals surface area contributed by atoms with E-state index in [-0.39, 0.29) is 11.6 Å². The van der Waals surface area contributed by atoms with Gasteiger partial charge in [0.25, 0.3) is 5.91 Å². The van der Waals surface area contributed by atoms with Crippen LogP contribution in [0.4, 0.5) is 15.8 Å². The fraction of sp³-hybridized carbons (Fsp3) is 0.0625. The van der Waals surface area contributed by atoms with Gasteiger partial charge in [0.1, 0.15) is 5.82 Å². The highest BCUT2D eigenvalue weighted by atomic mass is 19.1. The zero-order valence-electron chi connectivity index (χ0n) is 10.9. The average molecular weight is 282 g/mol. The Morgan fingerprint density at radius 1 is 1.10 bits per heavy atom. The van der Waals surface area contributed by atoms with E-state index in [2.05, 4.69) is 5.32 Å². The van der Waals surface area contributed by atoms with Gasteiger partial charge in [0.05, 0.1) is 11.4 Å². The molecule has 0 saturated heterocycles. The van der Waals surface area contributed by atoms with Gasteiger partial charge in [-0.25, -0.2) is 4.39 Å². The van der Waals surface area contributed by atoms with E-state index in [1.807, 2.05) is 18.2 Å². The maximum atomic E-state index is 13.2. The van der Waals surface area contributed by atoms with Crippen LogP contribution in [0, 0.1) is 5.82 Å². The molecule has 0 fully saturated rings. The Balaban J connectivity index is 1.94. The number of aliphatic hydroxyl groups excluding tert-OH is 1. The summed E-state index contributed by atoms with van der Waals surface area (Å²) in [4.78, 5) is 13.8. The van der Waals surface area contributed by atoms with E-state index in [1.165, 1.54) is 23.1 Å². The highest BCUT2D eigenvalue weighted by molar-refractivity contribution is 6.13. The Morgan fingerprint density at radius 3 is 2.57 bits per heavy atom. The van der Waals surface area contributed by atoms with Gasteiger partial charge in [0.2, 0.25) is 0 Å². The van der Waals surface area contributed by atoms with Crippen molar-refractivity contribution in [2.75, 3.05) is 10.2 Å². The minimum Gasteiger partial charge on any atom is -0.503 e. The van der Waals surface area contributed by atoms with E-state index < -0.39 is 11.6 Å². The molecule has 1 atom stereocenters. The molecule has 2 aromatic rings. The molecule has 0 bridgehead atoms. The van der Waals surface area contributed by atoms with Crippen molar-refractivity contribution >= 4 is 17.3 Å². The number of anilines is 2. The second kappa shape index (κ2) is 3.85. The zero-order chi connectivity index (χ0) is 14.6. The molecule has 0 spiro atoms. The van der Waals surface area contributed by atoms with Crippen molar-refractivity contribution in [1.29, 1.82) is 0 Å². The highest BCUT2D eigenvalue weighted by Gasteiger charge is 2.52. The van der Waals surface area contributed by atoms with Gasteiger partial charge in [-0.3, -0.25) is 9.69 Å². The lowest BCUT2D eigenvalue weighted by Gasteiger charge is -2.31. The van der Waals surface area contributed by atoms with Crippen molar-refractivity contribution in [3.05, 3.63) is 71.7 Å². The number of aliphatic hydroxyl groups is 1. The Labute approximate surface area is 120 Å². The molecule has 4 nitrogen and oxygen atoms in total. The Kier molecular flexibility index (Phi) is 2.19. The lowest BCUT2D eigenvalue weighted by molar-refractivity contribution is -0.117. The van der Waals surface area contributed by atoms with Crippen LogP contribution in [0.1, 0.15) is 5.56 Å². The second-order valence-corrected chi connectivity index (χ2v) is 5.09. The van der Waals surface area contributed by atoms with Crippen LogP contribution in [-0.4, -0.2) is 11.0 Å². The number of nitrogens with one attached hydrogen (secondary N) is 1. The summed E-state index contributed by atoms with van der Waals surface area (Å²) in [6.45, 7) is 0. The maximum Gasteiger partial charge on any atom is 0.295 e. The summed E-state index contributed by atoms with van der Waals surface area (Å²) >= 11 is 0. The van der Waals surface area contributed by atoms with Gasteiger partial charge in [-0.15, -0.1) is 0 Å². The molecule has 0 aromatic heterocycles. The summed E-state index contributed by atoms with van der Waals surface area (Å²) in [6, 6.07) is 13.2. The van der Waals surface area contributed by atoms with Crippen molar-refractivity contribution in [3.8, 4) is 0 Å². The van der Waals surface area contributed by atoms with Gasteiger partial charge in [-0.1, -0.05) is 24.3 Å². The van der Waals surface area contributed by atoms with Crippen LogP contribution in [-0.2, 0) is 10.5 Å². The van der Waals surface area contributed by atoms with Crippen LogP contribution in [0.15, 0.2) is 60.4 Å². The first-order chi connectivity index (χ1) is 10.1. The number of nitrogens with zero attached hydrogens (tertiary/aromatic N) is 1. The SMILES string of the molecule is O=C1C(O)=C[C@@]2(c3ccc(F)cc3)Nc3ccccc3N12. The number of halogens is 1. The number of hydrogen-bond donors (Lipinski definition) is 2. The number of rotatable bonds is 1. The smallest absolute Gasteiger partial charge is 0.295 e. The molecule has 4 rings (SSSR count). The van der Waals surface area contributed by atoms with Crippen LogP contribution in [0.3, 0.4) is 0 Å². The highest BCUT2D eigenvalue weighted by Crippen LogP contribution is 2.49. The molecular weight excluding hydrogens is 271 g/mol. The number of hydrogen-bond acceptors (Lipinski definition) is 3. The summed E-state index contributed by atoms with van der Waals surface area (Å²) in [5.74, 6) is -1.15. The molecule has 2 N–H and O–H groups in total. The van der Waals surface area contributed by atoms with Crippen LogP contribution < -0.4 is 10.2 Å². The molecule has 5 heteroatoms. The summed E-state index contributed by atoms with van der Waals surface area (Å²) < 4.78 is 13.2. The number of carbonyl (C=O) groups is 1. The zero-order valence-corrected chi connectivity index (χ0v) is 10.9. The van der Waals surface area contributed by atoms with Crippen LogP contribution >= 0.6 is 0 Å². The van der Waals surface area contributed by atoms with Crippen molar-refractivity contribution in [3.63, 3.8) is 0 Å². The Bertz CT molecular complexity index is 785. The number of para-hydroxylation sites is 2. The Hall–Kier alpha value is -2.82. The van der Waals surface area contributed by atoms with Crippen molar-refractivity contribution in [2.24, 2.45) is 0 Å². The van der Waals surface area contributed by atoms with Gasteiger partial charge < -0.3 is 10.4 Å². The number of amides is 1. The second-order valence-electron chi connectivity index (χ2n) is 5.09. The minimum absolute atomic E-state index is 0.318. The van der Waals surface area contributed by atoms with Crippen molar-refractivity contribution in [2.45, 2.75) is 5.66 Å². The normalized spacial score (nSPS) is 22.6. The molecule has 0 saturated carbocycles. The van der Waals surface area contributed by atoms with Crippen LogP contribution in [0.5, 0.6) is 0 Å². The average Bonchev–Trinajstić information content (AvgIpc) is 2.93. The Morgan fingerprint density at radius 2 is 1.81 bits per heavy atom. The fourth-order valence-corrected chi connectivity index (χ4v) is 2.96. The van der Waals surface area contributed by atoms with E-state index in [9.17, 15) is 14.3 Å². The third-order valence-corrected chi connectivity index (χ3v) is 3.88. The molecule has 2 aliphatic heterocycles. The molecule has 2 aromatic carbocycles. The van der Waals surface area contributed by atoms with E-state index in [0.29, 0.717) is 11.3 Å². The quantitative estimate of drug-likeness (QED) is 0.845. The number of carbonyl (C=O) groups excluding carboxylic acids is 1. The molecule has 2 heterocycles. The molecule has 0 unspecified atom stereocenters. The first-order valence-corrected chi connectivity index (χ1v) is 6.51. The molecular formula is C16H11FN2O2. The van der Waals surface area contributed by atoms with E-state index in [1.54, 1.807) is 18.2 Å². The predicted octanol–water partition coefficient (Wildman–Crippen LogP) is 2.89. The molecule has 0 radical (unpaired) electrons.